The van der Waals surface area contributed by atoms with Crippen molar-refractivity contribution < 1.29 is 32.7 Å². The number of aromatic nitrogens is 3. The van der Waals surface area contributed by atoms with Gasteiger partial charge in [0.25, 0.3) is 5.91 Å². The van der Waals surface area contributed by atoms with Gasteiger partial charge in [-0.25, -0.2) is 13.1 Å². The number of anilines is 1. The summed E-state index contributed by atoms with van der Waals surface area (Å²) < 4.78 is 26.6. The first kappa shape index (κ1) is 35.5. The fourth-order valence-corrected chi connectivity index (χ4v) is 9.73. The Balaban J connectivity index is 1.35. The number of hydrogen-bond acceptors (Lipinski definition) is 10. The van der Waals surface area contributed by atoms with Gasteiger partial charge < -0.3 is 26.4 Å². The summed E-state index contributed by atoms with van der Waals surface area (Å²) in [5.74, 6) is -4.57. The molecule has 2 aliphatic heterocycles. The van der Waals surface area contributed by atoms with Crippen molar-refractivity contribution in [1.82, 2.24) is 25.2 Å². The van der Waals surface area contributed by atoms with Crippen molar-refractivity contribution in [2.45, 2.75) is 94.5 Å². The predicted octanol–water partition coefficient (Wildman–Crippen LogP) is 1.98. The molecule has 0 radical (unpaired) electrons. The zero-order valence-electron chi connectivity index (χ0n) is 28.4. The van der Waals surface area contributed by atoms with Crippen LogP contribution in [0.2, 0.25) is 0 Å². The summed E-state index contributed by atoms with van der Waals surface area (Å²) in [4.78, 5) is 55.6. The topological polar surface area (TPSA) is 207 Å². The molecule has 50 heavy (non-hydrogen) atoms. The molecular formula is C35H45N7O7S. The van der Waals surface area contributed by atoms with Crippen molar-refractivity contribution in [3.8, 4) is 0 Å². The second-order valence-corrected chi connectivity index (χ2v) is 16.8. The molecule has 0 bridgehead atoms. The maximum atomic E-state index is 14.8. The zero-order valence-corrected chi connectivity index (χ0v) is 29.2. The molecule has 3 heterocycles. The van der Waals surface area contributed by atoms with Crippen LogP contribution in [0.5, 0.6) is 0 Å². The smallest absolute Gasteiger partial charge is 0.287 e. The summed E-state index contributed by atoms with van der Waals surface area (Å²) in [6, 6.07) is 11.3. The fourth-order valence-electron chi connectivity index (χ4n) is 7.83. The van der Waals surface area contributed by atoms with Crippen LogP contribution >= 0.6 is 0 Å². The van der Waals surface area contributed by atoms with Crippen molar-refractivity contribution in [3.05, 3.63) is 54.4 Å². The summed E-state index contributed by atoms with van der Waals surface area (Å²) in [5, 5.41) is 27.2. The zero-order chi connectivity index (χ0) is 35.8. The van der Waals surface area contributed by atoms with Crippen LogP contribution < -0.4 is 16.4 Å². The maximum absolute atomic E-state index is 14.8. The average molecular weight is 708 g/mol. The summed E-state index contributed by atoms with van der Waals surface area (Å²) in [7, 11) is -3.76. The Morgan fingerprint density at radius 2 is 1.80 bits per heavy atom. The van der Waals surface area contributed by atoms with Crippen LogP contribution in [0.1, 0.15) is 76.9 Å². The maximum Gasteiger partial charge on any atom is 0.287 e. The number of nitrogens with one attached hydrogen (secondary N) is 2. The molecule has 4 atom stereocenters. The van der Waals surface area contributed by atoms with Crippen molar-refractivity contribution in [3.63, 3.8) is 0 Å². The van der Waals surface area contributed by atoms with Gasteiger partial charge in [-0.1, -0.05) is 67.6 Å². The van der Waals surface area contributed by atoms with Crippen molar-refractivity contribution in [1.29, 1.82) is 0 Å². The van der Waals surface area contributed by atoms with Gasteiger partial charge in [0, 0.05) is 18.7 Å². The summed E-state index contributed by atoms with van der Waals surface area (Å²) in [6.45, 7) is 3.19. The molecule has 2 saturated heterocycles. The molecule has 268 valence electrons. The Hall–Kier alpha value is -4.37. The molecular weight excluding hydrogens is 662 g/mol. The number of carbonyl (C=O) groups is 4. The lowest BCUT2D eigenvalue weighted by Gasteiger charge is -2.34. The Morgan fingerprint density at radius 3 is 2.46 bits per heavy atom. The van der Waals surface area contributed by atoms with Crippen LogP contribution in [0.3, 0.4) is 0 Å². The van der Waals surface area contributed by atoms with Gasteiger partial charge in [-0.05, 0) is 55.5 Å². The summed E-state index contributed by atoms with van der Waals surface area (Å²) in [5.41, 5.74) is 3.08. The molecule has 1 aromatic heterocycles. The molecule has 1 unspecified atom stereocenters. The molecule has 1 aliphatic carbocycles. The van der Waals surface area contributed by atoms with Gasteiger partial charge >= 0.3 is 0 Å². The number of nitrogens with two attached hydrogens (primary N) is 1. The van der Waals surface area contributed by atoms with E-state index < -0.39 is 68.2 Å². The largest absolute Gasteiger partial charge is 0.384 e. The number of primary amides is 1. The molecule has 0 spiro atoms. The van der Waals surface area contributed by atoms with Gasteiger partial charge in [-0.2, -0.15) is 0 Å². The molecule has 15 heteroatoms. The van der Waals surface area contributed by atoms with E-state index in [-0.39, 0.29) is 31.2 Å². The lowest BCUT2D eigenvalue weighted by molar-refractivity contribution is -0.143. The first-order valence-electron chi connectivity index (χ1n) is 17.2. The fraction of sp³-hybridized carbons (Fsp3) is 0.543. The van der Waals surface area contributed by atoms with Crippen molar-refractivity contribution in [2.75, 3.05) is 23.4 Å². The normalized spacial score (nSPS) is 24.6. The lowest BCUT2D eigenvalue weighted by Crippen LogP contribution is -2.62. The van der Waals surface area contributed by atoms with Gasteiger partial charge in [-0.3, -0.25) is 19.2 Å². The number of fused-ring (bicyclic) bond motifs is 1. The Morgan fingerprint density at radius 1 is 1.08 bits per heavy atom. The van der Waals surface area contributed by atoms with E-state index in [1.165, 1.54) is 15.8 Å². The third-order valence-corrected chi connectivity index (χ3v) is 12.2. The highest BCUT2D eigenvalue weighted by Gasteiger charge is 2.53. The number of carbonyl (C=O) groups excluding carboxylic acids is 4. The lowest BCUT2D eigenvalue weighted by atomic mass is 9.84. The number of nitrogens with zero attached hydrogens (tertiary/aromatic N) is 4. The molecule has 3 aliphatic rings. The standard InChI is InChI=1S/C35H45N7O7S/c1-34(2,47)29-19-37-40-42(29)26-18-28(32(45)39-35(30(43)31(36)44)14-15-50(48,49)21-35)41(20-26)33(46)27(16-22-8-4-3-5-9-22)38-25-13-12-23-10-6-7-11-24(23)17-25/h6-7,10-13,17,19,22,26-28,38,47H,3-5,8-9,14-16,18,20-21H2,1-2H3,(H2,36,44)(H,39,45)/t26-,27+,28-,35?/m0/s1. The Labute approximate surface area is 291 Å². The van der Waals surface area contributed by atoms with Crippen LogP contribution in [0.4, 0.5) is 5.69 Å². The van der Waals surface area contributed by atoms with E-state index in [2.05, 4.69) is 20.9 Å². The first-order valence-corrected chi connectivity index (χ1v) is 19.0. The molecule has 14 nitrogen and oxygen atoms in total. The number of rotatable bonds is 11. The van der Waals surface area contributed by atoms with E-state index in [0.29, 0.717) is 12.1 Å². The van der Waals surface area contributed by atoms with Crippen molar-refractivity contribution >= 4 is 49.8 Å². The van der Waals surface area contributed by atoms with Crippen molar-refractivity contribution in [2.24, 2.45) is 11.7 Å². The number of hydrogen-bond donors (Lipinski definition) is 4. The predicted molar refractivity (Wildman–Crippen MR) is 185 cm³/mol. The van der Waals surface area contributed by atoms with Crippen LogP contribution in [-0.4, -0.2) is 92.6 Å². The number of ketones is 1. The minimum atomic E-state index is -3.76. The van der Waals surface area contributed by atoms with E-state index >= 15 is 0 Å². The van der Waals surface area contributed by atoms with E-state index in [1.807, 2.05) is 42.5 Å². The number of Topliss-reactive ketones (excluding diaryl/α,β-unsaturated/α-hetero) is 1. The quantitative estimate of drug-likeness (QED) is 0.213. The van der Waals surface area contributed by atoms with Crippen LogP contribution in [-0.2, 0) is 34.6 Å². The van der Waals surface area contributed by atoms with E-state index in [4.69, 9.17) is 5.73 Å². The van der Waals surface area contributed by atoms with Crippen LogP contribution in [0, 0.1) is 5.92 Å². The van der Waals surface area contributed by atoms with Gasteiger partial charge in [-0.15, -0.1) is 5.10 Å². The number of aliphatic hydroxyl groups is 1. The van der Waals surface area contributed by atoms with Gasteiger partial charge in [0.2, 0.25) is 17.6 Å². The Kier molecular flexibility index (Phi) is 9.74. The minimum absolute atomic E-state index is 0.0268. The summed E-state index contributed by atoms with van der Waals surface area (Å²) in [6.07, 6.45) is 6.93. The summed E-state index contributed by atoms with van der Waals surface area (Å²) >= 11 is 0. The third kappa shape index (κ3) is 7.38. The van der Waals surface area contributed by atoms with Crippen LogP contribution in [0.25, 0.3) is 10.8 Å². The monoisotopic (exact) mass is 707 g/mol. The SMILES string of the molecule is CC(C)(O)c1cnnn1[C@H]1C[C@@H](C(=O)NC2(C(=O)C(N)=O)CCS(=O)(=O)C2)N(C(=O)[C@@H](CC2CCCCC2)Nc2ccc3ccccc3c2)C1. The molecule has 6 rings (SSSR count). The van der Waals surface area contributed by atoms with E-state index in [9.17, 15) is 32.7 Å². The van der Waals surface area contributed by atoms with Gasteiger partial charge in [0.05, 0.1) is 29.4 Å². The molecule has 3 amide bonds. The van der Waals surface area contributed by atoms with E-state index in [1.54, 1.807) is 13.8 Å². The second-order valence-electron chi connectivity index (χ2n) is 14.6. The molecule has 1 saturated carbocycles. The number of amides is 3. The highest BCUT2D eigenvalue weighted by atomic mass is 32.2. The van der Waals surface area contributed by atoms with Crippen LogP contribution in [0.15, 0.2) is 48.7 Å². The molecule has 2 aromatic carbocycles. The van der Waals surface area contributed by atoms with E-state index in [0.717, 1.165) is 48.6 Å². The highest BCUT2D eigenvalue weighted by molar-refractivity contribution is 7.91. The highest BCUT2D eigenvalue weighted by Crippen LogP contribution is 2.35. The molecule has 3 fully saturated rings. The number of sulfone groups is 1. The molecule has 5 N–H and O–H groups in total. The third-order valence-electron chi connectivity index (χ3n) is 10.4. The minimum Gasteiger partial charge on any atom is -0.384 e. The van der Waals surface area contributed by atoms with Gasteiger partial charge in [0.15, 0.2) is 9.84 Å². The number of benzene rings is 2. The number of likely N-dealkylation sites (tertiary alicyclic amines) is 1. The molecule has 3 aromatic rings. The first-order chi connectivity index (χ1) is 23.7. The van der Waals surface area contributed by atoms with Gasteiger partial charge in [0.1, 0.15) is 23.2 Å². The second kappa shape index (κ2) is 13.7. The Bertz CT molecular complexity index is 1900. The average Bonchev–Trinajstić information content (AvgIpc) is 3.82.